The molecule has 3 nitrogen and oxygen atoms in total. The summed E-state index contributed by atoms with van der Waals surface area (Å²) < 4.78 is 12.7. The molecule has 1 aromatic rings. The van der Waals surface area contributed by atoms with Gasteiger partial charge in [-0.05, 0) is 11.6 Å². The average Bonchev–Trinajstić information content (AvgIpc) is 2.30. The molecule has 0 atom stereocenters. The van der Waals surface area contributed by atoms with Gasteiger partial charge in [0.2, 0.25) is 5.91 Å². The molecule has 1 heterocycles. The van der Waals surface area contributed by atoms with E-state index < -0.39 is 11.6 Å². The zero-order valence-corrected chi connectivity index (χ0v) is 6.10. The van der Waals surface area contributed by atoms with Crippen molar-refractivity contribution in [1.29, 1.82) is 0 Å². The lowest BCUT2D eigenvalue weighted by Crippen LogP contribution is -2.03. The molecular weight excluding hydrogens is 161 g/mol. The highest BCUT2D eigenvalue weighted by Crippen LogP contribution is 2.28. The molecular formula is C8H6FNO2. The van der Waals surface area contributed by atoms with E-state index in [2.05, 4.69) is 5.32 Å². The number of hydrogen-bond donors (Lipinski definition) is 2. The Hall–Kier alpha value is -1.58. The molecule has 1 aromatic carbocycles. The first-order valence-corrected chi connectivity index (χ1v) is 3.48. The van der Waals surface area contributed by atoms with E-state index in [1.165, 1.54) is 6.07 Å². The van der Waals surface area contributed by atoms with Crippen LogP contribution < -0.4 is 5.32 Å². The fourth-order valence-corrected chi connectivity index (χ4v) is 1.24. The van der Waals surface area contributed by atoms with Crippen LogP contribution in [0.5, 0.6) is 5.75 Å². The third kappa shape index (κ3) is 0.922. The minimum Gasteiger partial charge on any atom is -0.505 e. The molecule has 0 saturated carbocycles. The number of rotatable bonds is 0. The summed E-state index contributed by atoms with van der Waals surface area (Å²) in [5, 5.41) is 11.4. The van der Waals surface area contributed by atoms with Gasteiger partial charge in [-0.1, -0.05) is 0 Å². The summed E-state index contributed by atoms with van der Waals surface area (Å²) in [5.41, 5.74) is 1.09. The van der Waals surface area contributed by atoms with Crippen LogP contribution in [0.25, 0.3) is 0 Å². The number of halogens is 1. The lowest BCUT2D eigenvalue weighted by molar-refractivity contribution is -0.115. The number of phenolic OH excluding ortho intramolecular Hbond substituents is 1. The van der Waals surface area contributed by atoms with Crippen LogP contribution in [0.1, 0.15) is 5.56 Å². The van der Waals surface area contributed by atoms with Crippen molar-refractivity contribution in [2.75, 3.05) is 5.32 Å². The number of hydrogen-bond acceptors (Lipinski definition) is 2. The summed E-state index contributed by atoms with van der Waals surface area (Å²) in [6.45, 7) is 0. The number of aromatic hydroxyl groups is 1. The van der Waals surface area contributed by atoms with E-state index in [1.807, 2.05) is 0 Å². The molecule has 2 rings (SSSR count). The van der Waals surface area contributed by atoms with Crippen LogP contribution in [0.15, 0.2) is 12.1 Å². The van der Waals surface area contributed by atoms with Crippen LogP contribution in [-0.4, -0.2) is 11.0 Å². The summed E-state index contributed by atoms with van der Waals surface area (Å²) in [7, 11) is 0. The van der Waals surface area contributed by atoms with Gasteiger partial charge < -0.3 is 10.4 Å². The van der Waals surface area contributed by atoms with Crippen molar-refractivity contribution in [2.24, 2.45) is 0 Å². The molecule has 62 valence electrons. The molecule has 0 aliphatic carbocycles. The molecule has 0 spiro atoms. The number of phenols is 1. The number of carbonyl (C=O) groups excluding carboxylic acids is 1. The Morgan fingerprint density at radius 3 is 3.00 bits per heavy atom. The smallest absolute Gasteiger partial charge is 0.228 e. The number of nitrogens with one attached hydrogen (secondary N) is 1. The lowest BCUT2D eigenvalue weighted by atomic mass is 10.1. The highest BCUT2D eigenvalue weighted by molar-refractivity contribution is 5.99. The average molecular weight is 167 g/mol. The molecule has 12 heavy (non-hydrogen) atoms. The second-order valence-electron chi connectivity index (χ2n) is 2.69. The van der Waals surface area contributed by atoms with Gasteiger partial charge >= 0.3 is 0 Å². The fourth-order valence-electron chi connectivity index (χ4n) is 1.24. The molecule has 1 aliphatic rings. The van der Waals surface area contributed by atoms with E-state index in [0.717, 1.165) is 6.07 Å². The maximum Gasteiger partial charge on any atom is 0.228 e. The SMILES string of the molecule is O=C1Cc2cc(O)c(F)cc2N1. The number of benzene rings is 1. The van der Waals surface area contributed by atoms with Gasteiger partial charge in [0.1, 0.15) is 0 Å². The van der Waals surface area contributed by atoms with Gasteiger partial charge in [-0.3, -0.25) is 4.79 Å². The van der Waals surface area contributed by atoms with Gasteiger partial charge in [-0.15, -0.1) is 0 Å². The highest BCUT2D eigenvalue weighted by Gasteiger charge is 2.19. The predicted octanol–water partition coefficient (Wildman–Crippen LogP) is 1.03. The first kappa shape index (κ1) is 7.09. The van der Waals surface area contributed by atoms with Crippen LogP contribution in [0.3, 0.4) is 0 Å². The Balaban J connectivity index is 2.55. The number of anilines is 1. The first-order valence-electron chi connectivity index (χ1n) is 3.48. The second kappa shape index (κ2) is 2.20. The maximum atomic E-state index is 12.7. The molecule has 0 aromatic heterocycles. The van der Waals surface area contributed by atoms with Crippen molar-refractivity contribution in [1.82, 2.24) is 0 Å². The first-order chi connectivity index (χ1) is 5.66. The Labute approximate surface area is 67.8 Å². The maximum absolute atomic E-state index is 12.7. The number of amides is 1. The summed E-state index contributed by atoms with van der Waals surface area (Å²) in [6, 6.07) is 2.39. The van der Waals surface area contributed by atoms with Gasteiger partial charge in [-0.2, -0.15) is 0 Å². The number of fused-ring (bicyclic) bond motifs is 1. The number of carbonyl (C=O) groups is 1. The quantitative estimate of drug-likeness (QED) is 0.567. The fraction of sp³-hybridized carbons (Fsp3) is 0.125. The van der Waals surface area contributed by atoms with Crippen LogP contribution in [0.2, 0.25) is 0 Å². The van der Waals surface area contributed by atoms with E-state index in [0.29, 0.717) is 11.3 Å². The molecule has 0 bridgehead atoms. The van der Waals surface area contributed by atoms with Crippen LogP contribution >= 0.6 is 0 Å². The van der Waals surface area contributed by atoms with Crippen LogP contribution in [-0.2, 0) is 11.2 Å². The minimum absolute atomic E-state index is 0.171. The van der Waals surface area contributed by atoms with E-state index in [4.69, 9.17) is 5.11 Å². The molecule has 0 fully saturated rings. The summed E-state index contributed by atoms with van der Waals surface area (Å²) in [4.78, 5) is 10.8. The van der Waals surface area contributed by atoms with Crippen molar-refractivity contribution in [3.8, 4) is 5.75 Å². The van der Waals surface area contributed by atoms with E-state index in [1.54, 1.807) is 0 Å². The van der Waals surface area contributed by atoms with Crippen molar-refractivity contribution in [2.45, 2.75) is 6.42 Å². The zero-order valence-electron chi connectivity index (χ0n) is 6.10. The van der Waals surface area contributed by atoms with Gasteiger partial charge in [0.05, 0.1) is 6.42 Å². The summed E-state index contributed by atoms with van der Waals surface area (Å²) in [6.07, 6.45) is 0.211. The van der Waals surface area contributed by atoms with Crippen molar-refractivity contribution in [3.63, 3.8) is 0 Å². The van der Waals surface area contributed by atoms with Crippen molar-refractivity contribution in [3.05, 3.63) is 23.5 Å². The van der Waals surface area contributed by atoms with E-state index in [-0.39, 0.29) is 12.3 Å². The van der Waals surface area contributed by atoms with Crippen LogP contribution in [0.4, 0.5) is 10.1 Å². The third-order valence-electron chi connectivity index (χ3n) is 1.80. The summed E-state index contributed by atoms with van der Waals surface area (Å²) >= 11 is 0. The minimum atomic E-state index is -0.712. The third-order valence-corrected chi connectivity index (χ3v) is 1.80. The Kier molecular flexibility index (Phi) is 1.30. The largest absolute Gasteiger partial charge is 0.505 e. The van der Waals surface area contributed by atoms with Gasteiger partial charge in [0.15, 0.2) is 11.6 Å². The molecule has 4 heteroatoms. The molecule has 0 radical (unpaired) electrons. The highest BCUT2D eigenvalue weighted by atomic mass is 19.1. The molecule has 2 N–H and O–H groups in total. The van der Waals surface area contributed by atoms with Gasteiger partial charge in [0.25, 0.3) is 0 Å². The second-order valence-corrected chi connectivity index (χ2v) is 2.69. The molecule has 0 saturated heterocycles. The van der Waals surface area contributed by atoms with Gasteiger partial charge in [-0.25, -0.2) is 4.39 Å². The van der Waals surface area contributed by atoms with E-state index >= 15 is 0 Å². The monoisotopic (exact) mass is 167 g/mol. The van der Waals surface area contributed by atoms with Gasteiger partial charge in [0, 0.05) is 11.8 Å². The van der Waals surface area contributed by atoms with Crippen molar-refractivity contribution < 1.29 is 14.3 Å². The lowest BCUT2D eigenvalue weighted by Gasteiger charge is -1.99. The molecule has 1 amide bonds. The standard InChI is InChI=1S/C8H6FNO2/c9-5-3-6-4(1-7(5)11)2-8(12)10-6/h1,3,11H,2H2,(H,10,12). The zero-order chi connectivity index (χ0) is 8.72. The Morgan fingerprint density at radius 2 is 2.25 bits per heavy atom. The Bertz CT molecular complexity index is 329. The van der Waals surface area contributed by atoms with Crippen molar-refractivity contribution >= 4 is 11.6 Å². The molecule has 0 unspecified atom stereocenters. The Morgan fingerprint density at radius 1 is 1.50 bits per heavy atom. The topological polar surface area (TPSA) is 49.3 Å². The normalized spacial score (nSPS) is 14.2. The predicted molar refractivity (Wildman–Crippen MR) is 40.4 cm³/mol. The van der Waals surface area contributed by atoms with E-state index in [9.17, 15) is 9.18 Å². The summed E-state index contributed by atoms with van der Waals surface area (Å²) in [5.74, 6) is -1.30. The van der Waals surface area contributed by atoms with Crippen LogP contribution in [0, 0.1) is 5.82 Å². The molecule has 1 aliphatic heterocycles.